The molecule has 3 heteroatoms. The second-order valence-corrected chi connectivity index (χ2v) is 7.11. The van der Waals surface area contributed by atoms with Gasteiger partial charge in [0.05, 0.1) is 0 Å². The van der Waals surface area contributed by atoms with E-state index in [4.69, 9.17) is 5.11 Å². The Hall–Kier alpha value is 0.210. The summed E-state index contributed by atoms with van der Waals surface area (Å²) in [7, 11) is 5.34. The molecule has 0 aliphatic carbocycles. The highest BCUT2D eigenvalue weighted by Gasteiger charge is 1.95. The maximum atomic E-state index is 7.00. The molecule has 0 saturated carbocycles. The summed E-state index contributed by atoms with van der Waals surface area (Å²) in [6.07, 6.45) is 23.3. The van der Waals surface area contributed by atoms with Crippen LogP contribution in [0.25, 0.3) is 0 Å². The first-order chi connectivity index (χ1) is 11.3. The number of rotatable bonds is 17. The second kappa shape index (κ2) is 28.0. The lowest BCUT2D eigenvalue weighted by Crippen LogP contribution is -2.12. The summed E-state index contributed by atoms with van der Waals surface area (Å²) in [5, 5.41) is 7.00. The fourth-order valence-corrected chi connectivity index (χ4v) is 2.98. The number of nitrogens with zero attached hydrogens (tertiary/aromatic N) is 1. The minimum atomic E-state index is 0. The van der Waals surface area contributed by atoms with Gasteiger partial charge in [-0.25, -0.2) is 0 Å². The summed E-state index contributed by atoms with van der Waals surface area (Å²) in [5.74, 6) is 0. The molecular formula is C21H48ClNO. The largest absolute Gasteiger partial charge is 0.400 e. The number of unbranched alkanes of at least 4 members (excludes halogenated alkanes) is 15. The molecule has 0 aromatic heterocycles. The van der Waals surface area contributed by atoms with Gasteiger partial charge in [-0.15, -0.1) is 12.4 Å². The number of halogens is 1. The van der Waals surface area contributed by atoms with Crippen molar-refractivity contribution >= 4 is 12.4 Å². The van der Waals surface area contributed by atoms with E-state index in [-0.39, 0.29) is 12.4 Å². The predicted octanol–water partition coefficient (Wildman–Crippen LogP) is 6.84. The maximum Gasteiger partial charge on any atom is 0.0319 e. The van der Waals surface area contributed by atoms with E-state index in [9.17, 15) is 0 Å². The van der Waals surface area contributed by atoms with Crippen molar-refractivity contribution in [2.75, 3.05) is 27.7 Å². The molecule has 0 atom stereocenters. The zero-order valence-electron chi connectivity index (χ0n) is 17.3. The Bertz CT molecular complexity index is 189. The van der Waals surface area contributed by atoms with Gasteiger partial charge in [0.25, 0.3) is 0 Å². The average Bonchev–Trinajstić information content (AvgIpc) is 2.56. The highest BCUT2D eigenvalue weighted by atomic mass is 35.5. The minimum absolute atomic E-state index is 0. The Morgan fingerprint density at radius 1 is 0.500 bits per heavy atom. The molecule has 0 fully saturated rings. The zero-order valence-corrected chi connectivity index (χ0v) is 18.1. The van der Waals surface area contributed by atoms with Gasteiger partial charge in [0.2, 0.25) is 0 Å². The van der Waals surface area contributed by atoms with Crippen LogP contribution in [-0.2, 0) is 0 Å². The van der Waals surface area contributed by atoms with E-state index in [0.29, 0.717) is 0 Å². The van der Waals surface area contributed by atoms with Crippen LogP contribution < -0.4 is 0 Å². The summed E-state index contributed by atoms with van der Waals surface area (Å²) >= 11 is 0. The van der Waals surface area contributed by atoms with Crippen LogP contribution >= 0.6 is 12.4 Å². The Balaban J connectivity index is -0.00000141. The van der Waals surface area contributed by atoms with Crippen molar-refractivity contribution in [3.8, 4) is 0 Å². The predicted molar refractivity (Wildman–Crippen MR) is 113 cm³/mol. The lowest BCUT2D eigenvalue weighted by molar-refractivity contribution is 0.389. The van der Waals surface area contributed by atoms with Crippen LogP contribution in [0.15, 0.2) is 0 Å². The van der Waals surface area contributed by atoms with Gasteiger partial charge in [-0.1, -0.05) is 103 Å². The Kier molecular flexibility index (Phi) is 33.9. The first-order valence-corrected chi connectivity index (χ1v) is 10.4. The molecule has 0 heterocycles. The quantitative estimate of drug-likeness (QED) is 0.285. The van der Waals surface area contributed by atoms with Gasteiger partial charge in [0.1, 0.15) is 0 Å². The molecule has 0 rings (SSSR count). The molecule has 0 radical (unpaired) electrons. The van der Waals surface area contributed by atoms with Crippen molar-refractivity contribution in [3.63, 3.8) is 0 Å². The fraction of sp³-hybridized carbons (Fsp3) is 1.00. The Labute approximate surface area is 160 Å². The monoisotopic (exact) mass is 365 g/mol. The number of hydrogen-bond acceptors (Lipinski definition) is 2. The third kappa shape index (κ3) is 30.1. The van der Waals surface area contributed by atoms with Gasteiger partial charge in [-0.05, 0) is 27.1 Å². The van der Waals surface area contributed by atoms with Crippen LogP contribution in [0.3, 0.4) is 0 Å². The topological polar surface area (TPSA) is 23.5 Å². The van der Waals surface area contributed by atoms with E-state index in [1.807, 2.05) is 0 Å². The molecule has 0 saturated heterocycles. The molecule has 0 aliphatic heterocycles. The second-order valence-electron chi connectivity index (χ2n) is 7.11. The molecule has 0 bridgehead atoms. The van der Waals surface area contributed by atoms with Crippen LogP contribution in [0.5, 0.6) is 0 Å². The standard InChI is InChI=1S/C20H43N.CH4O.ClH/c1-4-5-6-7-8-9-10-11-12-13-14-15-16-17-18-19-20-21(2)3;1-2;/h4-20H2,1-3H3;2H,1H3;1H. The van der Waals surface area contributed by atoms with Crippen molar-refractivity contribution < 1.29 is 5.11 Å². The van der Waals surface area contributed by atoms with Crippen LogP contribution in [-0.4, -0.2) is 37.8 Å². The molecule has 0 aliphatic rings. The van der Waals surface area contributed by atoms with Gasteiger partial charge < -0.3 is 10.0 Å². The van der Waals surface area contributed by atoms with Crippen molar-refractivity contribution in [2.24, 2.45) is 0 Å². The van der Waals surface area contributed by atoms with Crippen molar-refractivity contribution in [1.82, 2.24) is 4.90 Å². The smallest absolute Gasteiger partial charge is 0.0319 e. The van der Waals surface area contributed by atoms with E-state index in [0.717, 1.165) is 7.11 Å². The number of hydrogen-bond donors (Lipinski definition) is 1. The van der Waals surface area contributed by atoms with Crippen LogP contribution in [0.2, 0.25) is 0 Å². The summed E-state index contributed by atoms with van der Waals surface area (Å²) in [6.45, 7) is 3.56. The zero-order chi connectivity index (χ0) is 17.6. The number of aliphatic hydroxyl groups is 1. The molecular weight excluding hydrogens is 318 g/mol. The van der Waals surface area contributed by atoms with E-state index in [1.165, 1.54) is 109 Å². The fourth-order valence-electron chi connectivity index (χ4n) is 2.98. The minimum Gasteiger partial charge on any atom is -0.400 e. The molecule has 0 aromatic carbocycles. The van der Waals surface area contributed by atoms with Crippen LogP contribution in [0.4, 0.5) is 0 Å². The van der Waals surface area contributed by atoms with E-state index < -0.39 is 0 Å². The van der Waals surface area contributed by atoms with Crippen molar-refractivity contribution in [1.29, 1.82) is 0 Å². The normalized spacial score (nSPS) is 10.2. The molecule has 0 aromatic rings. The average molecular weight is 366 g/mol. The summed E-state index contributed by atoms with van der Waals surface area (Å²) in [4.78, 5) is 2.30. The first-order valence-electron chi connectivity index (χ1n) is 10.4. The molecule has 0 spiro atoms. The van der Waals surface area contributed by atoms with E-state index in [1.54, 1.807) is 0 Å². The summed E-state index contributed by atoms with van der Waals surface area (Å²) in [6, 6.07) is 0. The third-order valence-corrected chi connectivity index (χ3v) is 4.46. The Morgan fingerprint density at radius 2 is 0.750 bits per heavy atom. The van der Waals surface area contributed by atoms with Crippen molar-refractivity contribution in [3.05, 3.63) is 0 Å². The summed E-state index contributed by atoms with van der Waals surface area (Å²) < 4.78 is 0. The Morgan fingerprint density at radius 3 is 1.00 bits per heavy atom. The van der Waals surface area contributed by atoms with Gasteiger partial charge >= 0.3 is 0 Å². The molecule has 0 amide bonds. The highest BCUT2D eigenvalue weighted by Crippen LogP contribution is 2.13. The van der Waals surface area contributed by atoms with E-state index in [2.05, 4.69) is 25.9 Å². The molecule has 24 heavy (non-hydrogen) atoms. The van der Waals surface area contributed by atoms with E-state index >= 15 is 0 Å². The van der Waals surface area contributed by atoms with Crippen molar-refractivity contribution in [2.45, 2.75) is 110 Å². The van der Waals surface area contributed by atoms with Gasteiger partial charge in [-0.3, -0.25) is 0 Å². The first kappa shape index (κ1) is 29.0. The van der Waals surface area contributed by atoms with Crippen LogP contribution in [0.1, 0.15) is 110 Å². The molecule has 150 valence electrons. The molecule has 2 nitrogen and oxygen atoms in total. The lowest BCUT2D eigenvalue weighted by atomic mass is 10.0. The van der Waals surface area contributed by atoms with Gasteiger partial charge in [-0.2, -0.15) is 0 Å². The third-order valence-electron chi connectivity index (χ3n) is 4.46. The molecule has 0 unspecified atom stereocenters. The SMILES string of the molecule is CCCCCCCCCCCCCCCCCCN(C)C.CO.Cl. The van der Waals surface area contributed by atoms with Gasteiger partial charge in [0, 0.05) is 7.11 Å². The molecule has 1 N–H and O–H groups in total. The highest BCUT2D eigenvalue weighted by molar-refractivity contribution is 5.85. The van der Waals surface area contributed by atoms with Gasteiger partial charge in [0.15, 0.2) is 0 Å². The summed E-state index contributed by atoms with van der Waals surface area (Å²) in [5.41, 5.74) is 0. The lowest BCUT2D eigenvalue weighted by Gasteiger charge is -2.08. The number of aliphatic hydroxyl groups excluding tert-OH is 1. The maximum absolute atomic E-state index is 7.00. The van der Waals surface area contributed by atoms with Crippen LogP contribution in [0, 0.1) is 0 Å².